The Bertz CT molecular complexity index is 1020. The number of urea groups is 1. The van der Waals surface area contributed by atoms with Gasteiger partial charge in [0.2, 0.25) is 10.0 Å². The summed E-state index contributed by atoms with van der Waals surface area (Å²) in [5.41, 5.74) is 0.418. The van der Waals surface area contributed by atoms with E-state index in [2.05, 4.69) is 15.4 Å². The molecule has 3 atom stereocenters. The van der Waals surface area contributed by atoms with Crippen molar-refractivity contribution in [1.82, 2.24) is 10.0 Å². The van der Waals surface area contributed by atoms with Crippen LogP contribution in [0.25, 0.3) is 0 Å². The van der Waals surface area contributed by atoms with E-state index in [9.17, 15) is 27.1 Å². The zero-order valence-electron chi connectivity index (χ0n) is 17.1. The Morgan fingerprint density at radius 1 is 1.09 bits per heavy atom. The van der Waals surface area contributed by atoms with E-state index in [1.807, 2.05) is 0 Å². The van der Waals surface area contributed by atoms with E-state index in [4.69, 9.17) is 4.74 Å². The van der Waals surface area contributed by atoms with Gasteiger partial charge in [-0.05, 0) is 55.7 Å². The molecule has 1 aliphatic rings. The fraction of sp³-hybridized carbons (Fsp3) is 0.381. The minimum Gasteiger partial charge on any atom is -0.394 e. The van der Waals surface area contributed by atoms with Gasteiger partial charge in [-0.15, -0.1) is 0 Å². The van der Waals surface area contributed by atoms with Gasteiger partial charge < -0.3 is 20.5 Å². The van der Waals surface area contributed by atoms with E-state index >= 15 is 0 Å². The standard InChI is InChI=1S/C21H25F2N3O5S/c22-14-5-7-15(8-6-14)25-21(28)26-18-10-9-16(31-19(18)13-27)11-12-24-32(29,30)20-4-2-1-3-17(20)23/h1-8,16,18-19,24,27H,9-13H2,(H2,25,26,28)/t16-,18-,19-/m1/s1. The van der Waals surface area contributed by atoms with Gasteiger partial charge in [0.25, 0.3) is 0 Å². The lowest BCUT2D eigenvalue weighted by Gasteiger charge is -2.36. The first-order valence-corrected chi connectivity index (χ1v) is 11.6. The maximum Gasteiger partial charge on any atom is 0.319 e. The van der Waals surface area contributed by atoms with Crippen molar-refractivity contribution in [3.05, 3.63) is 60.2 Å². The van der Waals surface area contributed by atoms with Crippen LogP contribution in [0, 0.1) is 11.6 Å². The van der Waals surface area contributed by atoms with Crippen LogP contribution in [-0.2, 0) is 14.8 Å². The van der Waals surface area contributed by atoms with E-state index in [0.717, 1.165) is 6.07 Å². The van der Waals surface area contributed by atoms with Gasteiger partial charge in [0.1, 0.15) is 22.6 Å². The van der Waals surface area contributed by atoms with Gasteiger partial charge in [-0.3, -0.25) is 0 Å². The largest absolute Gasteiger partial charge is 0.394 e. The number of carbonyl (C=O) groups is 1. The number of carbonyl (C=O) groups excluding carboxylic acids is 1. The van der Waals surface area contributed by atoms with Crippen LogP contribution in [0.2, 0.25) is 0 Å². The van der Waals surface area contributed by atoms with Gasteiger partial charge in [-0.25, -0.2) is 26.7 Å². The van der Waals surface area contributed by atoms with Crippen LogP contribution in [0.1, 0.15) is 19.3 Å². The van der Waals surface area contributed by atoms with E-state index in [0.29, 0.717) is 24.9 Å². The monoisotopic (exact) mass is 469 g/mol. The summed E-state index contributed by atoms with van der Waals surface area (Å²) >= 11 is 0. The van der Waals surface area contributed by atoms with Crippen molar-refractivity contribution >= 4 is 21.7 Å². The summed E-state index contributed by atoms with van der Waals surface area (Å²) in [6.45, 7) is -0.304. The number of halogens is 2. The van der Waals surface area contributed by atoms with Crippen molar-refractivity contribution in [2.24, 2.45) is 0 Å². The van der Waals surface area contributed by atoms with Crippen molar-refractivity contribution < 1.29 is 31.8 Å². The number of hydrogen-bond donors (Lipinski definition) is 4. The number of nitrogens with one attached hydrogen (secondary N) is 3. The second-order valence-corrected chi connectivity index (χ2v) is 9.12. The summed E-state index contributed by atoms with van der Waals surface area (Å²) in [5, 5.41) is 15.0. The molecule has 0 aliphatic carbocycles. The molecule has 1 heterocycles. The quantitative estimate of drug-likeness (QED) is 0.474. The number of aliphatic hydroxyl groups is 1. The first kappa shape index (κ1) is 24.1. The summed E-state index contributed by atoms with van der Waals surface area (Å²) in [6.07, 6.45) is 0.342. The van der Waals surface area contributed by atoms with E-state index in [1.54, 1.807) is 0 Å². The molecule has 0 aromatic heterocycles. The van der Waals surface area contributed by atoms with Crippen LogP contribution >= 0.6 is 0 Å². The van der Waals surface area contributed by atoms with Crippen LogP contribution in [0.5, 0.6) is 0 Å². The van der Waals surface area contributed by atoms with Crippen molar-refractivity contribution in [3.8, 4) is 0 Å². The van der Waals surface area contributed by atoms with Crippen LogP contribution in [0.3, 0.4) is 0 Å². The Kier molecular flexibility index (Phi) is 8.13. The first-order valence-electron chi connectivity index (χ1n) is 10.1. The highest BCUT2D eigenvalue weighted by Gasteiger charge is 2.32. The van der Waals surface area contributed by atoms with Gasteiger partial charge in [0, 0.05) is 12.2 Å². The highest BCUT2D eigenvalue weighted by Crippen LogP contribution is 2.22. The molecule has 11 heteroatoms. The number of hydrogen-bond acceptors (Lipinski definition) is 5. The van der Waals surface area contributed by atoms with Crippen LogP contribution in [0.4, 0.5) is 19.3 Å². The van der Waals surface area contributed by atoms with Crippen molar-refractivity contribution in [2.45, 2.75) is 42.4 Å². The number of anilines is 1. The number of amides is 2. The smallest absolute Gasteiger partial charge is 0.319 e. The maximum absolute atomic E-state index is 13.7. The minimum atomic E-state index is -3.99. The van der Waals surface area contributed by atoms with E-state index in [1.165, 1.54) is 42.5 Å². The molecule has 0 spiro atoms. The van der Waals surface area contributed by atoms with Gasteiger partial charge in [0.15, 0.2) is 0 Å². The van der Waals surface area contributed by atoms with Gasteiger partial charge in [-0.2, -0.15) is 0 Å². The molecule has 2 aromatic rings. The Morgan fingerprint density at radius 2 is 1.81 bits per heavy atom. The van der Waals surface area contributed by atoms with E-state index < -0.39 is 44.7 Å². The second-order valence-electron chi connectivity index (χ2n) is 7.39. The Labute approximate surface area is 185 Å². The Balaban J connectivity index is 1.47. The molecule has 2 aromatic carbocycles. The zero-order valence-corrected chi connectivity index (χ0v) is 17.9. The SMILES string of the molecule is O=C(Nc1ccc(F)cc1)N[C@@H]1CC[C@H](CCNS(=O)(=O)c2ccccc2F)O[C@@H]1CO. The minimum absolute atomic E-state index is 0.0304. The van der Waals surface area contributed by atoms with Crippen molar-refractivity contribution in [3.63, 3.8) is 0 Å². The average molecular weight is 470 g/mol. The zero-order chi connectivity index (χ0) is 23.1. The molecule has 32 heavy (non-hydrogen) atoms. The number of benzene rings is 2. The maximum atomic E-state index is 13.7. The molecule has 1 saturated heterocycles. The number of aliphatic hydroxyl groups excluding tert-OH is 1. The molecular weight excluding hydrogens is 444 g/mol. The molecule has 0 unspecified atom stereocenters. The topological polar surface area (TPSA) is 117 Å². The molecule has 2 amide bonds. The number of rotatable bonds is 8. The molecule has 4 N–H and O–H groups in total. The lowest BCUT2D eigenvalue weighted by Crippen LogP contribution is -2.52. The molecule has 1 fully saturated rings. The normalized spacial score (nSPS) is 21.2. The summed E-state index contributed by atoms with van der Waals surface area (Å²) < 4.78 is 59.4. The molecule has 3 rings (SSSR count). The Morgan fingerprint density at radius 3 is 2.50 bits per heavy atom. The third-order valence-corrected chi connectivity index (χ3v) is 6.59. The van der Waals surface area contributed by atoms with Gasteiger partial charge >= 0.3 is 6.03 Å². The molecular formula is C21H25F2N3O5S. The first-order chi connectivity index (χ1) is 15.3. The summed E-state index contributed by atoms with van der Waals surface area (Å²) in [4.78, 5) is 11.8. The molecule has 0 bridgehead atoms. The highest BCUT2D eigenvalue weighted by molar-refractivity contribution is 7.89. The lowest BCUT2D eigenvalue weighted by molar-refractivity contribution is -0.0884. The summed E-state index contributed by atoms with van der Waals surface area (Å²) in [7, 11) is -3.99. The summed E-state index contributed by atoms with van der Waals surface area (Å²) in [6, 6.07) is 9.43. The molecule has 0 radical (unpaired) electrons. The predicted molar refractivity (Wildman–Crippen MR) is 114 cm³/mol. The predicted octanol–water partition coefficient (Wildman–Crippen LogP) is 2.36. The number of sulfonamides is 1. The lowest BCUT2D eigenvalue weighted by atomic mass is 9.97. The molecule has 1 aliphatic heterocycles. The Hall–Kier alpha value is -2.60. The van der Waals surface area contributed by atoms with Crippen molar-refractivity contribution in [2.75, 3.05) is 18.5 Å². The van der Waals surface area contributed by atoms with Gasteiger partial charge in [0.05, 0.1) is 18.8 Å². The van der Waals surface area contributed by atoms with E-state index in [-0.39, 0.29) is 19.3 Å². The summed E-state index contributed by atoms with van der Waals surface area (Å²) in [5.74, 6) is -1.25. The van der Waals surface area contributed by atoms with Crippen LogP contribution in [-0.4, -0.2) is 51.0 Å². The van der Waals surface area contributed by atoms with Crippen LogP contribution in [0.15, 0.2) is 53.4 Å². The molecule has 8 nitrogen and oxygen atoms in total. The second kappa shape index (κ2) is 10.8. The molecule has 0 saturated carbocycles. The van der Waals surface area contributed by atoms with Crippen LogP contribution < -0.4 is 15.4 Å². The average Bonchev–Trinajstić information content (AvgIpc) is 2.76. The van der Waals surface area contributed by atoms with Gasteiger partial charge in [-0.1, -0.05) is 12.1 Å². The fourth-order valence-corrected chi connectivity index (χ4v) is 4.60. The fourth-order valence-electron chi connectivity index (χ4n) is 3.47. The third-order valence-electron chi connectivity index (χ3n) is 5.10. The third kappa shape index (κ3) is 6.45. The van der Waals surface area contributed by atoms with Crippen molar-refractivity contribution in [1.29, 1.82) is 0 Å². The number of ether oxygens (including phenoxy) is 1. The molecule has 174 valence electrons. The highest BCUT2D eigenvalue weighted by atomic mass is 32.2.